The maximum atomic E-state index is 14.2. The number of amides is 1. The van der Waals surface area contributed by atoms with Crippen LogP contribution in [0.15, 0.2) is 72.8 Å². The minimum atomic E-state index is -0.475. The molecule has 7 heteroatoms. The van der Waals surface area contributed by atoms with Gasteiger partial charge in [-0.15, -0.1) is 0 Å². The zero-order chi connectivity index (χ0) is 21.1. The number of benzene rings is 3. The van der Waals surface area contributed by atoms with Crippen LogP contribution in [-0.4, -0.2) is 24.0 Å². The van der Waals surface area contributed by atoms with Crippen molar-refractivity contribution in [3.8, 4) is 0 Å². The number of halogens is 1. The summed E-state index contributed by atoms with van der Waals surface area (Å²) in [4.78, 5) is 30.9. The summed E-state index contributed by atoms with van der Waals surface area (Å²) in [6.45, 7) is 0.278. The summed E-state index contributed by atoms with van der Waals surface area (Å²) in [5.74, 6) is -1.20. The molecule has 0 unspecified atom stereocenters. The van der Waals surface area contributed by atoms with E-state index in [1.165, 1.54) is 41.5 Å². The van der Waals surface area contributed by atoms with Gasteiger partial charge in [-0.3, -0.25) is 9.69 Å². The number of nitrogens with zero attached hydrogens (tertiary/aromatic N) is 2. The average Bonchev–Trinajstić information content (AvgIpc) is 3.23. The number of hydrogen-bond acceptors (Lipinski definition) is 5. The molecule has 4 aromatic rings. The smallest absolute Gasteiger partial charge is 0.337 e. The van der Waals surface area contributed by atoms with Crippen molar-refractivity contribution in [2.45, 2.75) is 6.54 Å². The maximum Gasteiger partial charge on any atom is 0.337 e. The van der Waals surface area contributed by atoms with Gasteiger partial charge in [0.1, 0.15) is 11.3 Å². The van der Waals surface area contributed by atoms with Gasteiger partial charge < -0.3 is 4.74 Å². The van der Waals surface area contributed by atoms with Gasteiger partial charge in [-0.25, -0.2) is 14.2 Å². The van der Waals surface area contributed by atoms with E-state index in [1.807, 2.05) is 30.3 Å². The fourth-order valence-corrected chi connectivity index (χ4v) is 4.01. The van der Waals surface area contributed by atoms with Gasteiger partial charge in [0.2, 0.25) is 0 Å². The Morgan fingerprint density at radius 2 is 1.67 bits per heavy atom. The van der Waals surface area contributed by atoms with E-state index in [9.17, 15) is 14.0 Å². The van der Waals surface area contributed by atoms with Crippen LogP contribution in [0.2, 0.25) is 0 Å². The van der Waals surface area contributed by atoms with Gasteiger partial charge in [0.15, 0.2) is 5.13 Å². The Morgan fingerprint density at radius 1 is 0.967 bits per heavy atom. The third-order valence-corrected chi connectivity index (χ3v) is 5.61. The van der Waals surface area contributed by atoms with Crippen LogP contribution in [0.25, 0.3) is 10.2 Å². The molecule has 0 fully saturated rings. The molecule has 1 aromatic heterocycles. The first-order valence-electron chi connectivity index (χ1n) is 9.16. The SMILES string of the molecule is COC(=O)c1ccc(C(=O)N(Cc2ccccc2)c2nc3c(F)cccc3s2)cc1. The molecule has 1 heterocycles. The predicted molar refractivity (Wildman–Crippen MR) is 114 cm³/mol. The summed E-state index contributed by atoms with van der Waals surface area (Å²) in [7, 11) is 1.30. The van der Waals surface area contributed by atoms with E-state index in [0.717, 1.165) is 5.56 Å². The highest BCUT2D eigenvalue weighted by Crippen LogP contribution is 2.32. The molecule has 0 N–H and O–H groups in total. The number of fused-ring (bicyclic) bond motifs is 1. The number of carbonyl (C=O) groups excluding carboxylic acids is 2. The number of aromatic nitrogens is 1. The molecule has 0 saturated heterocycles. The summed E-state index contributed by atoms with van der Waals surface area (Å²) < 4.78 is 19.5. The summed E-state index contributed by atoms with van der Waals surface area (Å²) in [6.07, 6.45) is 0. The lowest BCUT2D eigenvalue weighted by molar-refractivity contribution is 0.0600. The van der Waals surface area contributed by atoms with Crippen molar-refractivity contribution in [1.29, 1.82) is 0 Å². The first-order chi connectivity index (χ1) is 14.6. The summed E-state index contributed by atoms with van der Waals surface area (Å²) in [5, 5.41) is 0.404. The number of rotatable bonds is 5. The Balaban J connectivity index is 1.73. The second kappa shape index (κ2) is 8.42. The van der Waals surface area contributed by atoms with Crippen LogP contribution in [0.3, 0.4) is 0 Å². The molecule has 3 aromatic carbocycles. The van der Waals surface area contributed by atoms with E-state index in [1.54, 1.807) is 24.3 Å². The van der Waals surface area contributed by atoms with Crippen LogP contribution in [0.1, 0.15) is 26.3 Å². The van der Waals surface area contributed by atoms with Crippen LogP contribution in [0.5, 0.6) is 0 Å². The Kier molecular flexibility index (Phi) is 5.54. The van der Waals surface area contributed by atoms with E-state index in [-0.39, 0.29) is 18.0 Å². The second-order valence-electron chi connectivity index (χ2n) is 6.53. The molecule has 0 saturated carbocycles. The lowest BCUT2D eigenvalue weighted by Gasteiger charge is -2.20. The molecular weight excluding hydrogens is 403 g/mol. The van der Waals surface area contributed by atoms with Crippen LogP contribution >= 0.6 is 11.3 Å². The quantitative estimate of drug-likeness (QED) is 0.423. The summed E-state index contributed by atoms with van der Waals surface area (Å²) >= 11 is 1.25. The number of ether oxygens (including phenoxy) is 1. The number of anilines is 1. The molecule has 5 nitrogen and oxygen atoms in total. The molecular formula is C23H17FN2O3S. The van der Waals surface area contributed by atoms with Gasteiger partial charge in [0, 0.05) is 5.56 Å². The normalized spacial score (nSPS) is 10.7. The maximum absolute atomic E-state index is 14.2. The van der Waals surface area contributed by atoms with E-state index >= 15 is 0 Å². The topological polar surface area (TPSA) is 59.5 Å². The predicted octanol–water partition coefficient (Wildman–Crippen LogP) is 5.07. The average molecular weight is 420 g/mol. The van der Waals surface area contributed by atoms with E-state index < -0.39 is 11.8 Å². The lowest BCUT2D eigenvalue weighted by atomic mass is 10.1. The Labute approximate surface area is 176 Å². The largest absolute Gasteiger partial charge is 0.465 e. The number of esters is 1. The monoisotopic (exact) mass is 420 g/mol. The van der Waals surface area contributed by atoms with Crippen molar-refractivity contribution in [1.82, 2.24) is 4.98 Å². The van der Waals surface area contributed by atoms with Gasteiger partial charge in [0.25, 0.3) is 5.91 Å². The van der Waals surface area contributed by atoms with E-state index in [2.05, 4.69) is 4.98 Å². The molecule has 0 aliphatic rings. The van der Waals surface area contributed by atoms with E-state index in [4.69, 9.17) is 4.74 Å². The van der Waals surface area contributed by atoms with Crippen molar-refractivity contribution in [3.63, 3.8) is 0 Å². The van der Waals surface area contributed by atoms with Crippen molar-refractivity contribution in [2.24, 2.45) is 0 Å². The van der Waals surface area contributed by atoms with Crippen LogP contribution in [0.4, 0.5) is 9.52 Å². The Bertz CT molecular complexity index is 1210. The van der Waals surface area contributed by atoms with Crippen LogP contribution < -0.4 is 4.90 Å². The van der Waals surface area contributed by atoms with Gasteiger partial charge in [-0.05, 0) is 42.0 Å². The Hall–Kier alpha value is -3.58. The second-order valence-corrected chi connectivity index (χ2v) is 7.54. The van der Waals surface area contributed by atoms with Crippen molar-refractivity contribution in [3.05, 3.63) is 95.3 Å². The highest BCUT2D eigenvalue weighted by Gasteiger charge is 2.23. The molecule has 0 radical (unpaired) electrons. The van der Waals surface area contributed by atoms with Gasteiger partial charge in [-0.1, -0.05) is 47.7 Å². The van der Waals surface area contributed by atoms with Gasteiger partial charge >= 0.3 is 5.97 Å². The molecule has 150 valence electrons. The molecule has 0 spiro atoms. The zero-order valence-corrected chi connectivity index (χ0v) is 16.9. The van der Waals surface area contributed by atoms with Crippen molar-refractivity contribution >= 4 is 38.6 Å². The highest BCUT2D eigenvalue weighted by atomic mass is 32.1. The Morgan fingerprint density at radius 3 is 2.33 bits per heavy atom. The number of methoxy groups -OCH3 is 1. The summed E-state index contributed by atoms with van der Waals surface area (Å²) in [6, 6.07) is 20.5. The lowest BCUT2D eigenvalue weighted by Crippen LogP contribution is -2.30. The third kappa shape index (κ3) is 3.92. The minimum absolute atomic E-state index is 0.240. The molecule has 0 aliphatic heterocycles. The van der Waals surface area contributed by atoms with Crippen LogP contribution in [-0.2, 0) is 11.3 Å². The number of thiazole rings is 1. The van der Waals surface area contributed by atoms with Crippen molar-refractivity contribution in [2.75, 3.05) is 12.0 Å². The number of carbonyl (C=O) groups is 2. The summed E-state index contributed by atoms with van der Waals surface area (Å²) in [5.41, 5.74) is 1.89. The first-order valence-corrected chi connectivity index (χ1v) is 9.97. The molecule has 0 atom stereocenters. The first kappa shape index (κ1) is 19.7. The zero-order valence-electron chi connectivity index (χ0n) is 16.0. The van der Waals surface area contributed by atoms with E-state index in [0.29, 0.717) is 21.0 Å². The molecule has 0 bridgehead atoms. The fourth-order valence-electron chi connectivity index (χ4n) is 3.03. The number of hydrogen-bond donors (Lipinski definition) is 0. The van der Waals surface area contributed by atoms with Crippen LogP contribution in [0, 0.1) is 5.82 Å². The molecule has 4 rings (SSSR count). The highest BCUT2D eigenvalue weighted by molar-refractivity contribution is 7.22. The van der Waals surface area contributed by atoms with Gasteiger partial charge in [0.05, 0.1) is 23.9 Å². The fraction of sp³-hybridized carbons (Fsp3) is 0.0870. The minimum Gasteiger partial charge on any atom is -0.465 e. The molecule has 0 aliphatic carbocycles. The van der Waals surface area contributed by atoms with Gasteiger partial charge in [-0.2, -0.15) is 0 Å². The standard InChI is InChI=1S/C23H17FN2O3S/c1-29-22(28)17-12-10-16(11-13-17)21(27)26(14-15-6-3-2-4-7-15)23-25-20-18(24)8-5-9-19(20)30-23/h2-13H,14H2,1H3. The number of para-hydroxylation sites is 1. The molecule has 30 heavy (non-hydrogen) atoms. The van der Waals surface area contributed by atoms with Crippen molar-refractivity contribution < 1.29 is 18.7 Å². The molecule has 1 amide bonds. The third-order valence-electron chi connectivity index (χ3n) is 4.57.